The molecule has 132 valence electrons. The van der Waals surface area contributed by atoms with Crippen molar-refractivity contribution in [3.8, 4) is 11.8 Å². The van der Waals surface area contributed by atoms with Crippen LogP contribution < -0.4 is 10.1 Å². The molecule has 0 aliphatic carbocycles. The van der Waals surface area contributed by atoms with Gasteiger partial charge in [0.15, 0.2) is 0 Å². The summed E-state index contributed by atoms with van der Waals surface area (Å²) in [6.07, 6.45) is 0. The van der Waals surface area contributed by atoms with Crippen LogP contribution in [0.4, 0.5) is 0 Å². The van der Waals surface area contributed by atoms with Crippen LogP contribution in [0.5, 0.6) is 5.75 Å². The van der Waals surface area contributed by atoms with Crippen molar-refractivity contribution in [3.05, 3.63) is 65.2 Å². The first-order valence-electron chi connectivity index (χ1n) is 8.79. The fourth-order valence-electron chi connectivity index (χ4n) is 3.08. The maximum absolute atomic E-state index is 9.02. The minimum atomic E-state index is 0.282. The van der Waals surface area contributed by atoms with Gasteiger partial charge in [0.25, 0.3) is 0 Å². The minimum Gasteiger partial charge on any atom is -0.497 e. The van der Waals surface area contributed by atoms with Crippen molar-refractivity contribution in [3.63, 3.8) is 0 Å². The van der Waals surface area contributed by atoms with Crippen molar-refractivity contribution in [2.45, 2.75) is 26.4 Å². The van der Waals surface area contributed by atoms with Crippen LogP contribution in [-0.4, -0.2) is 31.6 Å². The van der Waals surface area contributed by atoms with E-state index in [4.69, 9.17) is 10.00 Å². The van der Waals surface area contributed by atoms with E-state index in [-0.39, 0.29) is 6.04 Å². The molecule has 0 heterocycles. The zero-order valence-corrected chi connectivity index (χ0v) is 15.3. The van der Waals surface area contributed by atoms with Crippen LogP contribution in [0.3, 0.4) is 0 Å². The third-order valence-corrected chi connectivity index (χ3v) is 4.45. The summed E-state index contributed by atoms with van der Waals surface area (Å²) in [7, 11) is 1.70. The van der Waals surface area contributed by atoms with Crippen LogP contribution >= 0.6 is 0 Å². The predicted octanol–water partition coefficient (Wildman–Crippen LogP) is 3.74. The van der Waals surface area contributed by atoms with Crippen molar-refractivity contribution in [2.75, 3.05) is 26.7 Å². The van der Waals surface area contributed by atoms with Gasteiger partial charge >= 0.3 is 0 Å². The number of likely N-dealkylation sites (N-methyl/N-ethyl adjacent to an activating group) is 1. The topological polar surface area (TPSA) is 48.3 Å². The molecule has 0 saturated carbocycles. The third kappa shape index (κ3) is 5.32. The second kappa shape index (κ2) is 9.83. The Bertz CT molecular complexity index is 704. The van der Waals surface area contributed by atoms with E-state index in [9.17, 15) is 0 Å². The summed E-state index contributed by atoms with van der Waals surface area (Å²) in [5.74, 6) is 0.886. The predicted molar refractivity (Wildman–Crippen MR) is 102 cm³/mol. The number of benzene rings is 2. The van der Waals surface area contributed by atoms with E-state index < -0.39 is 0 Å². The Balaban J connectivity index is 2.09. The van der Waals surface area contributed by atoms with E-state index in [1.54, 1.807) is 7.11 Å². The summed E-state index contributed by atoms with van der Waals surface area (Å²) in [5, 5.41) is 12.6. The highest BCUT2D eigenvalue weighted by atomic mass is 16.5. The standard InChI is InChI=1S/C21H27N3O/c1-4-24(5-2)21(19-10-7-11-20(13-19)25-3)16-23-15-18-9-6-8-17(12-18)14-22/h6-13,21,23H,4-5,15-16H2,1-3H3. The van der Waals surface area contributed by atoms with Gasteiger partial charge in [0.05, 0.1) is 18.7 Å². The van der Waals surface area contributed by atoms with Crippen molar-refractivity contribution < 1.29 is 4.74 Å². The molecule has 2 rings (SSSR count). The van der Waals surface area contributed by atoms with Crippen molar-refractivity contribution >= 4 is 0 Å². The van der Waals surface area contributed by atoms with E-state index in [2.05, 4.69) is 42.3 Å². The molecule has 4 nitrogen and oxygen atoms in total. The summed E-state index contributed by atoms with van der Waals surface area (Å²) in [6, 6.07) is 18.5. The maximum atomic E-state index is 9.02. The summed E-state index contributed by atoms with van der Waals surface area (Å²) < 4.78 is 5.38. The molecule has 4 heteroatoms. The van der Waals surface area contributed by atoms with Gasteiger partial charge in [-0.05, 0) is 48.5 Å². The average molecular weight is 337 g/mol. The van der Waals surface area contributed by atoms with Gasteiger partial charge in [-0.2, -0.15) is 5.26 Å². The summed E-state index contributed by atoms with van der Waals surface area (Å²) in [6.45, 7) is 7.94. The number of nitriles is 1. The zero-order chi connectivity index (χ0) is 18.1. The highest BCUT2D eigenvalue weighted by Gasteiger charge is 2.18. The number of methoxy groups -OCH3 is 1. The van der Waals surface area contributed by atoms with Crippen LogP contribution in [0.2, 0.25) is 0 Å². The van der Waals surface area contributed by atoms with Crippen LogP contribution in [-0.2, 0) is 6.54 Å². The Labute approximate surface area is 151 Å². The Morgan fingerprint density at radius 1 is 1.12 bits per heavy atom. The molecule has 25 heavy (non-hydrogen) atoms. The summed E-state index contributed by atoms with van der Waals surface area (Å²) in [5.41, 5.74) is 3.08. The highest BCUT2D eigenvalue weighted by Crippen LogP contribution is 2.24. The second-order valence-corrected chi connectivity index (χ2v) is 5.96. The van der Waals surface area contributed by atoms with Gasteiger partial charge in [-0.3, -0.25) is 4.90 Å². The maximum Gasteiger partial charge on any atom is 0.119 e. The second-order valence-electron chi connectivity index (χ2n) is 5.96. The summed E-state index contributed by atoms with van der Waals surface area (Å²) >= 11 is 0. The molecule has 2 aromatic rings. The molecule has 0 radical (unpaired) electrons. The molecule has 0 aliphatic heterocycles. The van der Waals surface area contributed by atoms with Gasteiger partial charge in [0, 0.05) is 19.1 Å². The lowest BCUT2D eigenvalue weighted by molar-refractivity contribution is 0.212. The molecule has 0 fully saturated rings. The van der Waals surface area contributed by atoms with Gasteiger partial charge in [-0.25, -0.2) is 0 Å². The fraction of sp³-hybridized carbons (Fsp3) is 0.381. The summed E-state index contributed by atoms with van der Waals surface area (Å²) in [4.78, 5) is 2.44. The van der Waals surface area contributed by atoms with Gasteiger partial charge in [-0.15, -0.1) is 0 Å². The molecule has 2 aromatic carbocycles. The molecule has 0 spiro atoms. The highest BCUT2D eigenvalue weighted by molar-refractivity contribution is 5.33. The molecule has 1 atom stereocenters. The molecule has 0 bridgehead atoms. The number of ether oxygens (including phenoxy) is 1. The first-order chi connectivity index (χ1) is 12.2. The number of nitrogens with one attached hydrogen (secondary N) is 1. The first kappa shape index (κ1) is 19.0. The Morgan fingerprint density at radius 3 is 2.56 bits per heavy atom. The van der Waals surface area contributed by atoms with Crippen LogP contribution in [0.1, 0.15) is 36.6 Å². The molecule has 0 saturated heterocycles. The normalized spacial score (nSPS) is 12.0. The number of nitrogens with zero attached hydrogens (tertiary/aromatic N) is 2. The Kier molecular flexibility index (Phi) is 7.46. The quantitative estimate of drug-likeness (QED) is 0.757. The Hall–Kier alpha value is -2.35. The van der Waals surface area contributed by atoms with Gasteiger partial charge in [0.1, 0.15) is 5.75 Å². The van der Waals surface area contributed by atoms with Gasteiger partial charge in [0.2, 0.25) is 0 Å². The van der Waals surface area contributed by atoms with E-state index >= 15 is 0 Å². The van der Waals surface area contributed by atoms with E-state index in [1.165, 1.54) is 5.56 Å². The lowest BCUT2D eigenvalue weighted by Gasteiger charge is -2.30. The van der Waals surface area contributed by atoms with Gasteiger partial charge < -0.3 is 10.1 Å². The number of hydrogen-bond acceptors (Lipinski definition) is 4. The number of hydrogen-bond donors (Lipinski definition) is 1. The minimum absolute atomic E-state index is 0.282. The lowest BCUT2D eigenvalue weighted by Crippen LogP contribution is -2.35. The molecule has 0 aliphatic rings. The fourth-order valence-corrected chi connectivity index (χ4v) is 3.08. The molecule has 1 unspecified atom stereocenters. The zero-order valence-electron chi connectivity index (χ0n) is 15.3. The molecule has 0 amide bonds. The van der Waals surface area contributed by atoms with E-state index in [0.717, 1.165) is 37.5 Å². The van der Waals surface area contributed by atoms with Gasteiger partial charge in [-0.1, -0.05) is 38.1 Å². The van der Waals surface area contributed by atoms with Crippen LogP contribution in [0.25, 0.3) is 0 Å². The third-order valence-electron chi connectivity index (χ3n) is 4.45. The molecule has 0 aromatic heterocycles. The average Bonchev–Trinajstić information content (AvgIpc) is 2.67. The lowest BCUT2D eigenvalue weighted by atomic mass is 10.0. The van der Waals surface area contributed by atoms with Crippen LogP contribution in [0.15, 0.2) is 48.5 Å². The largest absolute Gasteiger partial charge is 0.497 e. The molecular weight excluding hydrogens is 310 g/mol. The van der Waals surface area contributed by atoms with E-state index in [1.807, 2.05) is 36.4 Å². The van der Waals surface area contributed by atoms with Crippen molar-refractivity contribution in [2.24, 2.45) is 0 Å². The van der Waals surface area contributed by atoms with Crippen molar-refractivity contribution in [1.82, 2.24) is 10.2 Å². The smallest absolute Gasteiger partial charge is 0.119 e. The first-order valence-corrected chi connectivity index (χ1v) is 8.79. The van der Waals surface area contributed by atoms with E-state index in [0.29, 0.717) is 5.56 Å². The Morgan fingerprint density at radius 2 is 1.88 bits per heavy atom. The monoisotopic (exact) mass is 337 g/mol. The SMILES string of the molecule is CCN(CC)C(CNCc1cccc(C#N)c1)c1cccc(OC)c1. The molecular formula is C21H27N3O. The van der Waals surface area contributed by atoms with Crippen molar-refractivity contribution in [1.29, 1.82) is 5.26 Å². The molecule has 1 N–H and O–H groups in total. The number of rotatable bonds is 9. The van der Waals surface area contributed by atoms with Crippen LogP contribution in [0, 0.1) is 11.3 Å².